The van der Waals surface area contributed by atoms with E-state index in [0.29, 0.717) is 0 Å². The Labute approximate surface area is 53.8 Å². The van der Waals surface area contributed by atoms with Crippen molar-refractivity contribution >= 4 is 0 Å². The number of allylic oxidation sites excluding steroid dienone is 5. The third kappa shape index (κ3) is 4.81. The molecule has 50 valence electrons. The predicted octanol–water partition coefficient (Wildman–Crippen LogP) is 2.14. The molecule has 0 aromatic rings. The minimum atomic E-state index is -0.818. The zero-order chi connectivity index (χ0) is 7.11. The van der Waals surface area contributed by atoms with E-state index in [1.165, 1.54) is 12.2 Å². The first-order valence-electron chi connectivity index (χ1n) is 2.54. The maximum atomic E-state index is 11.4. The Balaban J connectivity index is 3.67. The molecule has 0 amide bonds. The first kappa shape index (κ1) is 7.95. The third-order valence-corrected chi connectivity index (χ3v) is 0.673. The summed E-state index contributed by atoms with van der Waals surface area (Å²) in [4.78, 5) is 0. The molecule has 0 saturated carbocycles. The van der Waals surface area contributed by atoms with Crippen LogP contribution in [-0.2, 0) is 0 Å². The lowest BCUT2D eigenvalue weighted by Crippen LogP contribution is -1.78. The zero-order valence-electron chi connectivity index (χ0n) is 5.05. The van der Waals surface area contributed by atoms with Crippen molar-refractivity contribution in [2.24, 2.45) is 0 Å². The van der Waals surface area contributed by atoms with Crippen LogP contribution >= 0.6 is 0 Å². The van der Waals surface area contributed by atoms with Crippen LogP contribution in [0.4, 0.5) is 4.39 Å². The van der Waals surface area contributed by atoms with Crippen LogP contribution in [0.15, 0.2) is 36.6 Å². The van der Waals surface area contributed by atoms with Gasteiger partial charge in [-0.3, -0.25) is 0 Å². The largest absolute Gasteiger partial charge is 0.510 e. The number of rotatable bonds is 3. The maximum Gasteiger partial charge on any atom is 0.146 e. The van der Waals surface area contributed by atoms with Crippen LogP contribution in [-0.4, -0.2) is 11.8 Å². The van der Waals surface area contributed by atoms with Crippen LogP contribution in [0.5, 0.6) is 0 Å². The van der Waals surface area contributed by atoms with Crippen LogP contribution in [0, 0.1) is 0 Å². The highest BCUT2D eigenvalue weighted by molar-refractivity contribution is 5.11. The fraction of sp³-hybridized carbons (Fsp3) is 0.143. The summed E-state index contributed by atoms with van der Waals surface area (Å²) < 4.78 is 11.4. The van der Waals surface area contributed by atoms with Gasteiger partial charge in [0.25, 0.3) is 0 Å². The minimum Gasteiger partial charge on any atom is -0.510 e. The molecule has 0 bridgehead atoms. The Hall–Kier alpha value is -1.05. The van der Waals surface area contributed by atoms with Crippen LogP contribution in [0.25, 0.3) is 0 Å². The molecule has 9 heavy (non-hydrogen) atoms. The minimum absolute atomic E-state index is 0.270. The van der Waals surface area contributed by atoms with E-state index in [1.807, 2.05) is 0 Å². The molecule has 0 spiro atoms. The van der Waals surface area contributed by atoms with E-state index in [0.717, 1.165) is 0 Å². The SMILES string of the molecule is C=C/C=C\C=C(\O)CF. The quantitative estimate of drug-likeness (QED) is 0.456. The molecule has 0 saturated heterocycles. The first-order valence-corrected chi connectivity index (χ1v) is 2.54. The molecule has 0 fully saturated rings. The van der Waals surface area contributed by atoms with Gasteiger partial charge in [-0.1, -0.05) is 24.8 Å². The molecular weight excluding hydrogens is 119 g/mol. The lowest BCUT2D eigenvalue weighted by molar-refractivity contribution is 0.344. The van der Waals surface area contributed by atoms with Gasteiger partial charge in [0.15, 0.2) is 0 Å². The van der Waals surface area contributed by atoms with E-state index < -0.39 is 6.67 Å². The van der Waals surface area contributed by atoms with Gasteiger partial charge < -0.3 is 5.11 Å². The van der Waals surface area contributed by atoms with Crippen molar-refractivity contribution in [2.75, 3.05) is 6.67 Å². The molecular formula is C7H9FO. The highest BCUT2D eigenvalue weighted by atomic mass is 19.1. The second kappa shape index (κ2) is 5.09. The first-order chi connectivity index (χ1) is 4.31. The van der Waals surface area contributed by atoms with Crippen LogP contribution in [0.1, 0.15) is 0 Å². The Morgan fingerprint density at radius 1 is 1.56 bits per heavy atom. The molecule has 1 N–H and O–H groups in total. The Morgan fingerprint density at radius 2 is 2.22 bits per heavy atom. The summed E-state index contributed by atoms with van der Waals surface area (Å²) >= 11 is 0. The lowest BCUT2D eigenvalue weighted by atomic mass is 10.4. The van der Waals surface area contributed by atoms with Crippen molar-refractivity contribution in [3.63, 3.8) is 0 Å². The summed E-state index contributed by atoms with van der Waals surface area (Å²) in [5.74, 6) is -0.270. The monoisotopic (exact) mass is 128 g/mol. The average Bonchev–Trinajstić information content (AvgIpc) is 1.89. The van der Waals surface area contributed by atoms with Crippen molar-refractivity contribution in [1.82, 2.24) is 0 Å². The molecule has 0 rings (SSSR count). The lowest BCUT2D eigenvalue weighted by Gasteiger charge is -1.84. The molecule has 0 aliphatic carbocycles. The van der Waals surface area contributed by atoms with Crippen LogP contribution in [0.2, 0.25) is 0 Å². The van der Waals surface area contributed by atoms with Crippen LogP contribution < -0.4 is 0 Å². The molecule has 0 unspecified atom stereocenters. The molecule has 0 atom stereocenters. The Kier molecular flexibility index (Phi) is 4.50. The van der Waals surface area contributed by atoms with E-state index >= 15 is 0 Å². The summed E-state index contributed by atoms with van der Waals surface area (Å²) in [5.41, 5.74) is 0. The van der Waals surface area contributed by atoms with Gasteiger partial charge in [0.2, 0.25) is 0 Å². The van der Waals surface area contributed by atoms with Crippen molar-refractivity contribution in [3.8, 4) is 0 Å². The molecule has 0 aliphatic heterocycles. The van der Waals surface area contributed by atoms with Gasteiger partial charge in [-0.2, -0.15) is 0 Å². The Bertz CT molecular complexity index is 136. The standard InChI is InChI=1S/C7H9FO/c1-2-3-4-5-7(9)6-8/h2-5,9H,1,6H2/b4-3-,7-5+. The molecule has 0 aromatic carbocycles. The highest BCUT2D eigenvalue weighted by Crippen LogP contribution is 1.88. The summed E-state index contributed by atoms with van der Waals surface area (Å²) in [7, 11) is 0. The zero-order valence-corrected chi connectivity index (χ0v) is 5.05. The predicted molar refractivity (Wildman–Crippen MR) is 36.0 cm³/mol. The summed E-state index contributed by atoms with van der Waals surface area (Å²) in [6.45, 7) is 2.57. The van der Waals surface area contributed by atoms with Gasteiger partial charge in [-0.25, -0.2) is 4.39 Å². The number of halogens is 1. The number of hydrogen-bond donors (Lipinski definition) is 1. The topological polar surface area (TPSA) is 20.2 Å². The Morgan fingerprint density at radius 3 is 2.67 bits per heavy atom. The van der Waals surface area contributed by atoms with Crippen molar-refractivity contribution in [1.29, 1.82) is 0 Å². The van der Waals surface area contributed by atoms with Crippen molar-refractivity contribution in [2.45, 2.75) is 0 Å². The van der Waals surface area contributed by atoms with Gasteiger partial charge in [0.1, 0.15) is 12.4 Å². The van der Waals surface area contributed by atoms with E-state index in [4.69, 9.17) is 5.11 Å². The highest BCUT2D eigenvalue weighted by Gasteiger charge is 1.82. The average molecular weight is 128 g/mol. The molecule has 2 heteroatoms. The summed E-state index contributed by atoms with van der Waals surface area (Å²) in [6.07, 6.45) is 5.94. The van der Waals surface area contributed by atoms with Gasteiger partial charge in [-0.15, -0.1) is 0 Å². The fourth-order valence-electron chi connectivity index (χ4n) is 0.290. The van der Waals surface area contributed by atoms with Crippen molar-refractivity contribution in [3.05, 3.63) is 36.6 Å². The smallest absolute Gasteiger partial charge is 0.146 e. The van der Waals surface area contributed by atoms with E-state index in [-0.39, 0.29) is 5.76 Å². The molecule has 0 heterocycles. The van der Waals surface area contributed by atoms with Crippen molar-refractivity contribution < 1.29 is 9.50 Å². The summed E-state index contributed by atoms with van der Waals surface area (Å²) in [6, 6.07) is 0. The van der Waals surface area contributed by atoms with E-state index in [2.05, 4.69) is 6.58 Å². The molecule has 0 aromatic heterocycles. The van der Waals surface area contributed by atoms with Gasteiger partial charge >= 0.3 is 0 Å². The second-order valence-corrected chi connectivity index (χ2v) is 1.41. The summed E-state index contributed by atoms with van der Waals surface area (Å²) in [5, 5.41) is 8.49. The normalized spacial score (nSPS) is 12.3. The third-order valence-electron chi connectivity index (χ3n) is 0.673. The number of aliphatic hydroxyl groups is 1. The molecule has 0 aliphatic rings. The molecule has 1 nitrogen and oxygen atoms in total. The van der Waals surface area contributed by atoms with E-state index in [9.17, 15) is 4.39 Å². The molecule has 0 radical (unpaired) electrons. The van der Waals surface area contributed by atoms with Gasteiger partial charge in [0.05, 0.1) is 0 Å². The van der Waals surface area contributed by atoms with Crippen LogP contribution in [0.3, 0.4) is 0 Å². The number of aliphatic hydroxyl groups excluding tert-OH is 1. The second-order valence-electron chi connectivity index (χ2n) is 1.41. The van der Waals surface area contributed by atoms with Gasteiger partial charge in [-0.05, 0) is 6.08 Å². The fourth-order valence-corrected chi connectivity index (χ4v) is 0.290. The maximum absolute atomic E-state index is 11.4. The number of alkyl halides is 1. The van der Waals surface area contributed by atoms with E-state index in [1.54, 1.807) is 12.2 Å². The number of hydrogen-bond acceptors (Lipinski definition) is 1. The van der Waals surface area contributed by atoms with Gasteiger partial charge in [0, 0.05) is 0 Å².